The molecule has 0 aromatic heterocycles. The number of nitrogens with zero attached hydrogens (tertiary/aromatic N) is 1. The van der Waals surface area contributed by atoms with Crippen LogP contribution in [-0.4, -0.2) is 25.8 Å². The molecule has 1 atom stereocenters. The Kier molecular flexibility index (Phi) is 6.20. The number of rotatable bonds is 5. The van der Waals surface area contributed by atoms with E-state index in [1.54, 1.807) is 13.3 Å². The van der Waals surface area contributed by atoms with E-state index in [-0.39, 0.29) is 11.9 Å². The number of hydrogen-bond acceptors (Lipinski definition) is 3. The van der Waals surface area contributed by atoms with Gasteiger partial charge in [-0.1, -0.05) is 13.8 Å². The predicted octanol–water partition coefficient (Wildman–Crippen LogP) is 1.91. The first-order valence-corrected chi connectivity index (χ1v) is 4.70. The maximum atomic E-state index is 11.4. The van der Waals surface area contributed by atoms with Gasteiger partial charge in [0.25, 0.3) is 0 Å². The van der Waals surface area contributed by atoms with E-state index in [0.717, 1.165) is 6.42 Å². The van der Waals surface area contributed by atoms with E-state index in [9.17, 15) is 4.79 Å². The lowest BCUT2D eigenvalue weighted by Crippen LogP contribution is -2.20. The average Bonchev–Trinajstić information content (AvgIpc) is 2.03. The molecule has 0 amide bonds. The zero-order valence-corrected chi connectivity index (χ0v) is 8.91. The Balaban J connectivity index is 4.15. The molecular formula is C10H19NO2. The third kappa shape index (κ3) is 5.39. The van der Waals surface area contributed by atoms with Gasteiger partial charge in [-0.15, -0.1) is 0 Å². The van der Waals surface area contributed by atoms with Crippen molar-refractivity contribution in [2.45, 2.75) is 27.2 Å². The summed E-state index contributed by atoms with van der Waals surface area (Å²) in [6, 6.07) is 0. The van der Waals surface area contributed by atoms with E-state index in [1.165, 1.54) is 0 Å². The van der Waals surface area contributed by atoms with Gasteiger partial charge in [0.1, 0.15) is 0 Å². The molecule has 0 bridgehead atoms. The van der Waals surface area contributed by atoms with Crippen molar-refractivity contribution < 1.29 is 9.53 Å². The maximum Gasteiger partial charge on any atom is 0.314 e. The minimum Gasteiger partial charge on any atom is -0.465 e. The Morgan fingerprint density at radius 1 is 1.54 bits per heavy atom. The van der Waals surface area contributed by atoms with Crippen LogP contribution in [0.4, 0.5) is 0 Å². The molecule has 1 unspecified atom stereocenters. The molecule has 0 radical (unpaired) electrons. The van der Waals surface area contributed by atoms with Crippen molar-refractivity contribution >= 4 is 12.2 Å². The first-order valence-electron chi connectivity index (χ1n) is 4.70. The van der Waals surface area contributed by atoms with Crippen molar-refractivity contribution in [2.75, 3.05) is 13.7 Å². The molecule has 0 aliphatic heterocycles. The molecular weight excluding hydrogens is 166 g/mol. The number of carbonyl (C=O) groups is 1. The van der Waals surface area contributed by atoms with Crippen LogP contribution in [0.1, 0.15) is 27.2 Å². The minimum absolute atomic E-state index is 0.165. The molecule has 0 rings (SSSR count). The quantitative estimate of drug-likeness (QED) is 0.485. The highest BCUT2D eigenvalue weighted by Crippen LogP contribution is 2.11. The fourth-order valence-corrected chi connectivity index (χ4v) is 1.16. The van der Waals surface area contributed by atoms with Gasteiger partial charge in [0, 0.05) is 13.3 Å². The van der Waals surface area contributed by atoms with Gasteiger partial charge in [0.15, 0.2) is 0 Å². The fraction of sp³-hybridized carbons (Fsp3) is 0.800. The largest absolute Gasteiger partial charge is 0.465 e. The van der Waals surface area contributed by atoms with Crippen LogP contribution >= 0.6 is 0 Å². The summed E-state index contributed by atoms with van der Waals surface area (Å²) in [5.74, 6) is 0.138. The van der Waals surface area contributed by atoms with Crippen molar-refractivity contribution in [3.05, 3.63) is 0 Å². The number of carbonyl (C=O) groups excluding carboxylic acids is 1. The van der Waals surface area contributed by atoms with Crippen LogP contribution in [0.15, 0.2) is 4.99 Å². The number of ether oxygens (including phenoxy) is 1. The lowest BCUT2D eigenvalue weighted by molar-refractivity contribution is -0.145. The normalized spacial score (nSPS) is 13.6. The van der Waals surface area contributed by atoms with Crippen LogP contribution in [0.25, 0.3) is 0 Å². The summed E-state index contributed by atoms with van der Waals surface area (Å²) in [5.41, 5.74) is 0. The smallest absolute Gasteiger partial charge is 0.314 e. The second-order valence-electron chi connectivity index (χ2n) is 3.40. The molecule has 3 nitrogen and oxygen atoms in total. The molecule has 0 aliphatic rings. The van der Waals surface area contributed by atoms with Crippen molar-refractivity contribution in [1.29, 1.82) is 0 Å². The lowest BCUT2D eigenvalue weighted by Gasteiger charge is -2.12. The summed E-state index contributed by atoms with van der Waals surface area (Å²) < 4.78 is 4.93. The lowest BCUT2D eigenvalue weighted by atomic mass is 9.98. The average molecular weight is 185 g/mol. The van der Waals surface area contributed by atoms with E-state index in [1.807, 2.05) is 6.92 Å². The van der Waals surface area contributed by atoms with E-state index < -0.39 is 0 Å². The minimum atomic E-state index is -0.176. The molecule has 13 heavy (non-hydrogen) atoms. The summed E-state index contributed by atoms with van der Waals surface area (Å²) >= 11 is 0. The van der Waals surface area contributed by atoms with Gasteiger partial charge in [0.05, 0.1) is 12.5 Å². The Hall–Kier alpha value is -0.860. The van der Waals surface area contributed by atoms with Crippen molar-refractivity contribution in [3.63, 3.8) is 0 Å². The Morgan fingerprint density at radius 3 is 2.54 bits per heavy atom. The molecule has 76 valence electrons. The van der Waals surface area contributed by atoms with Gasteiger partial charge in [-0.2, -0.15) is 0 Å². The van der Waals surface area contributed by atoms with Gasteiger partial charge in [-0.3, -0.25) is 9.79 Å². The zero-order valence-electron chi connectivity index (χ0n) is 8.91. The standard InChI is InChI=1S/C10H19NO2/c1-5-13-10(12)9(7-11-4)6-8(2)3/h7-9H,5-6H2,1-4H3. The summed E-state index contributed by atoms with van der Waals surface area (Å²) in [6.07, 6.45) is 2.47. The van der Waals surface area contributed by atoms with Gasteiger partial charge in [-0.25, -0.2) is 0 Å². The highest BCUT2D eigenvalue weighted by atomic mass is 16.5. The molecule has 0 aliphatic carbocycles. The van der Waals surface area contributed by atoms with Gasteiger partial charge < -0.3 is 4.74 Å². The number of esters is 1. The first-order chi connectivity index (χ1) is 6.11. The Bertz CT molecular complexity index is 176. The molecule has 0 spiro atoms. The fourth-order valence-electron chi connectivity index (χ4n) is 1.16. The zero-order chi connectivity index (χ0) is 10.3. The van der Waals surface area contributed by atoms with Crippen LogP contribution in [0.2, 0.25) is 0 Å². The summed E-state index contributed by atoms with van der Waals surface area (Å²) in [6.45, 7) is 6.41. The topological polar surface area (TPSA) is 38.7 Å². The van der Waals surface area contributed by atoms with E-state index in [0.29, 0.717) is 12.5 Å². The summed E-state index contributed by atoms with van der Waals surface area (Å²) in [7, 11) is 1.67. The highest BCUT2D eigenvalue weighted by Gasteiger charge is 2.18. The van der Waals surface area contributed by atoms with Gasteiger partial charge in [0.2, 0.25) is 0 Å². The van der Waals surface area contributed by atoms with Gasteiger partial charge >= 0.3 is 5.97 Å². The van der Waals surface area contributed by atoms with Crippen LogP contribution in [-0.2, 0) is 9.53 Å². The molecule has 0 N–H and O–H groups in total. The van der Waals surface area contributed by atoms with Crippen molar-refractivity contribution in [2.24, 2.45) is 16.8 Å². The molecule has 0 aromatic rings. The van der Waals surface area contributed by atoms with E-state index in [2.05, 4.69) is 18.8 Å². The molecule has 3 heteroatoms. The van der Waals surface area contributed by atoms with Crippen LogP contribution in [0.5, 0.6) is 0 Å². The maximum absolute atomic E-state index is 11.4. The van der Waals surface area contributed by atoms with Crippen molar-refractivity contribution in [1.82, 2.24) is 0 Å². The van der Waals surface area contributed by atoms with Crippen LogP contribution in [0.3, 0.4) is 0 Å². The molecule has 0 heterocycles. The van der Waals surface area contributed by atoms with Crippen LogP contribution in [0, 0.1) is 11.8 Å². The third-order valence-corrected chi connectivity index (χ3v) is 1.64. The Labute approximate surface area is 80.2 Å². The predicted molar refractivity (Wildman–Crippen MR) is 54.0 cm³/mol. The summed E-state index contributed by atoms with van der Waals surface area (Å²) in [4.78, 5) is 15.2. The van der Waals surface area contributed by atoms with E-state index >= 15 is 0 Å². The molecule has 0 fully saturated rings. The van der Waals surface area contributed by atoms with Crippen molar-refractivity contribution in [3.8, 4) is 0 Å². The third-order valence-electron chi connectivity index (χ3n) is 1.64. The monoisotopic (exact) mass is 185 g/mol. The molecule has 0 saturated heterocycles. The second kappa shape index (κ2) is 6.63. The first kappa shape index (κ1) is 12.1. The van der Waals surface area contributed by atoms with Gasteiger partial charge in [-0.05, 0) is 19.3 Å². The second-order valence-corrected chi connectivity index (χ2v) is 3.40. The van der Waals surface area contributed by atoms with E-state index in [4.69, 9.17) is 4.74 Å². The Morgan fingerprint density at radius 2 is 2.15 bits per heavy atom. The number of aliphatic imine (C=N–C) groups is 1. The summed E-state index contributed by atoms with van der Waals surface area (Å²) in [5, 5.41) is 0. The molecule has 0 saturated carbocycles. The molecule has 0 aromatic carbocycles. The van der Waals surface area contributed by atoms with Crippen LogP contribution < -0.4 is 0 Å². The number of hydrogen-bond donors (Lipinski definition) is 0. The highest BCUT2D eigenvalue weighted by molar-refractivity contribution is 5.89. The SMILES string of the molecule is CCOC(=O)C(C=NC)CC(C)C.